The lowest BCUT2D eigenvalue weighted by Gasteiger charge is -2.12. The molecule has 1 aliphatic rings. The van der Waals surface area contributed by atoms with E-state index in [-0.39, 0.29) is 0 Å². The Balaban J connectivity index is 1.94. The first-order valence-corrected chi connectivity index (χ1v) is 9.07. The second-order valence-corrected chi connectivity index (χ2v) is 6.79. The van der Waals surface area contributed by atoms with E-state index in [0.29, 0.717) is 0 Å². The van der Waals surface area contributed by atoms with Crippen LogP contribution in [-0.2, 0) is 11.3 Å². The van der Waals surface area contributed by atoms with Gasteiger partial charge in [0, 0.05) is 6.54 Å². The molecule has 118 valence electrons. The topological polar surface area (TPSA) is 16.4 Å². The number of hydrogen-bond donors (Lipinski definition) is 0. The fourth-order valence-electron chi connectivity index (χ4n) is 3.31. The molecular formula is C19H21N2OS+. The normalized spacial score (nSPS) is 16.6. The van der Waals surface area contributed by atoms with Crippen molar-refractivity contribution in [2.45, 2.75) is 20.4 Å². The Bertz CT molecular complexity index is 897. The number of nitrogens with zero attached hydrogens (tertiary/aromatic N) is 2. The van der Waals surface area contributed by atoms with Crippen LogP contribution in [0.4, 0.5) is 0 Å². The van der Waals surface area contributed by atoms with Crippen molar-refractivity contribution in [1.29, 1.82) is 0 Å². The maximum absolute atomic E-state index is 5.82. The number of aryl methyl sites for hydroxylation is 1. The van der Waals surface area contributed by atoms with Gasteiger partial charge in [-0.2, -0.15) is 4.57 Å². The molecule has 4 heteroatoms. The van der Waals surface area contributed by atoms with Crippen molar-refractivity contribution in [3.8, 4) is 0 Å². The third-order valence-electron chi connectivity index (χ3n) is 4.48. The summed E-state index contributed by atoms with van der Waals surface area (Å²) in [6.45, 7) is 8.12. The molecule has 3 aromatic rings. The maximum atomic E-state index is 5.82. The molecule has 4 rings (SSSR count). The molecule has 0 unspecified atom stereocenters. The summed E-state index contributed by atoms with van der Waals surface area (Å²) in [5, 5.41) is 3.88. The average molecular weight is 325 g/mol. The summed E-state index contributed by atoms with van der Waals surface area (Å²) in [6.07, 6.45) is 2.21. The van der Waals surface area contributed by atoms with Crippen molar-refractivity contribution in [3.05, 3.63) is 47.3 Å². The molecule has 0 N–H and O–H groups in total. The van der Waals surface area contributed by atoms with E-state index in [4.69, 9.17) is 4.74 Å². The molecule has 0 saturated carbocycles. The van der Waals surface area contributed by atoms with Crippen molar-refractivity contribution in [2.75, 3.05) is 19.7 Å². The van der Waals surface area contributed by atoms with Crippen molar-refractivity contribution < 1.29 is 9.30 Å². The summed E-state index contributed by atoms with van der Waals surface area (Å²) in [7, 11) is 0. The Morgan fingerprint density at radius 1 is 1.22 bits per heavy atom. The van der Waals surface area contributed by atoms with Gasteiger partial charge in [0.25, 0.3) is 5.01 Å². The molecule has 1 aromatic heterocycles. The maximum Gasteiger partial charge on any atom is 0.268 e. The van der Waals surface area contributed by atoms with E-state index >= 15 is 0 Å². The largest absolute Gasteiger partial charge is 0.477 e. The Kier molecular flexibility index (Phi) is 3.69. The van der Waals surface area contributed by atoms with Gasteiger partial charge >= 0.3 is 0 Å². The van der Waals surface area contributed by atoms with Crippen molar-refractivity contribution in [3.63, 3.8) is 0 Å². The number of benzene rings is 2. The van der Waals surface area contributed by atoms with Crippen molar-refractivity contribution >= 4 is 38.4 Å². The number of hydrogen-bond acceptors (Lipinski definition) is 3. The number of likely N-dealkylation sites (N-methyl/N-ethyl adjacent to an activating group) is 1. The van der Waals surface area contributed by atoms with Gasteiger partial charge in [-0.1, -0.05) is 35.6 Å². The molecule has 3 nitrogen and oxygen atoms in total. The van der Waals surface area contributed by atoms with Crippen LogP contribution >= 0.6 is 11.3 Å². The van der Waals surface area contributed by atoms with Gasteiger partial charge in [-0.25, -0.2) is 0 Å². The molecule has 1 fully saturated rings. The van der Waals surface area contributed by atoms with E-state index in [1.54, 1.807) is 0 Å². The van der Waals surface area contributed by atoms with Gasteiger partial charge in [0.2, 0.25) is 5.52 Å². The van der Waals surface area contributed by atoms with E-state index in [2.05, 4.69) is 65.8 Å². The van der Waals surface area contributed by atoms with E-state index < -0.39 is 0 Å². The fraction of sp³-hybridized carbons (Fsp3) is 0.316. The molecule has 0 radical (unpaired) electrons. The Hall–Kier alpha value is -2.07. The van der Waals surface area contributed by atoms with E-state index in [9.17, 15) is 0 Å². The van der Waals surface area contributed by atoms with Crippen LogP contribution < -0.4 is 4.57 Å². The summed E-state index contributed by atoms with van der Waals surface area (Å²) in [5.41, 5.74) is 1.34. The molecule has 0 amide bonds. The van der Waals surface area contributed by atoms with Crippen molar-refractivity contribution in [2.24, 2.45) is 0 Å². The van der Waals surface area contributed by atoms with Gasteiger partial charge in [-0.05, 0) is 31.4 Å². The molecule has 0 aliphatic carbocycles. The lowest BCUT2D eigenvalue weighted by Crippen LogP contribution is -2.34. The SMILES string of the molecule is CCN1CCOC1=Cc1sc2ccc3ccccc3c2[n+]1CC. The fourth-order valence-corrected chi connectivity index (χ4v) is 4.48. The van der Waals surface area contributed by atoms with Crippen LogP contribution in [0.3, 0.4) is 0 Å². The zero-order chi connectivity index (χ0) is 15.8. The predicted octanol–water partition coefficient (Wildman–Crippen LogP) is 4.01. The van der Waals surface area contributed by atoms with E-state index in [0.717, 1.165) is 32.1 Å². The Labute approximate surface area is 140 Å². The zero-order valence-electron chi connectivity index (χ0n) is 13.6. The van der Waals surface area contributed by atoms with Crippen LogP contribution in [0.1, 0.15) is 18.9 Å². The van der Waals surface area contributed by atoms with E-state index in [1.165, 1.54) is 26.0 Å². The third-order valence-corrected chi connectivity index (χ3v) is 5.58. The molecule has 0 bridgehead atoms. The highest BCUT2D eigenvalue weighted by molar-refractivity contribution is 7.19. The molecular weight excluding hydrogens is 304 g/mol. The van der Waals surface area contributed by atoms with Crippen LogP contribution in [0.2, 0.25) is 0 Å². The highest BCUT2D eigenvalue weighted by Gasteiger charge is 2.24. The van der Waals surface area contributed by atoms with Gasteiger partial charge in [0.05, 0.1) is 18.0 Å². The van der Waals surface area contributed by atoms with Crippen molar-refractivity contribution in [1.82, 2.24) is 4.90 Å². The molecule has 23 heavy (non-hydrogen) atoms. The first-order chi connectivity index (χ1) is 11.3. The molecule has 1 aliphatic heterocycles. The summed E-state index contributed by atoms with van der Waals surface area (Å²) in [5.74, 6) is 1.01. The van der Waals surface area contributed by atoms with Gasteiger partial charge in [-0.15, -0.1) is 0 Å². The average Bonchev–Trinajstić information content (AvgIpc) is 3.18. The first-order valence-electron chi connectivity index (χ1n) is 8.25. The third kappa shape index (κ3) is 2.38. The number of ether oxygens (including phenoxy) is 1. The molecule has 0 atom stereocenters. The summed E-state index contributed by atoms with van der Waals surface area (Å²) in [6, 6.07) is 13.1. The zero-order valence-corrected chi connectivity index (χ0v) is 14.4. The van der Waals surface area contributed by atoms with Crippen LogP contribution in [0, 0.1) is 0 Å². The number of aromatic nitrogens is 1. The molecule has 1 saturated heterocycles. The summed E-state index contributed by atoms with van der Waals surface area (Å²) in [4.78, 5) is 2.29. The van der Waals surface area contributed by atoms with Gasteiger partial charge in [0.15, 0.2) is 5.88 Å². The number of fused-ring (bicyclic) bond motifs is 3. The van der Waals surface area contributed by atoms with Crippen LogP contribution in [0.25, 0.3) is 27.1 Å². The first kappa shape index (κ1) is 14.5. The van der Waals surface area contributed by atoms with Gasteiger partial charge in [0.1, 0.15) is 17.9 Å². The quantitative estimate of drug-likeness (QED) is 0.677. The highest BCUT2D eigenvalue weighted by atomic mass is 32.1. The molecule has 2 aromatic carbocycles. The highest BCUT2D eigenvalue weighted by Crippen LogP contribution is 2.30. The van der Waals surface area contributed by atoms with E-state index in [1.807, 2.05) is 11.3 Å². The summed E-state index contributed by atoms with van der Waals surface area (Å²) < 4.78 is 9.56. The van der Waals surface area contributed by atoms with Crippen LogP contribution in [0.5, 0.6) is 0 Å². The predicted molar refractivity (Wildman–Crippen MR) is 96.4 cm³/mol. The van der Waals surface area contributed by atoms with Gasteiger partial charge < -0.3 is 9.64 Å². The summed E-state index contributed by atoms with van der Waals surface area (Å²) >= 11 is 1.84. The lowest BCUT2D eigenvalue weighted by molar-refractivity contribution is -0.664. The lowest BCUT2D eigenvalue weighted by atomic mass is 10.1. The number of thiazole rings is 1. The molecule has 2 heterocycles. The standard InChI is InChI=1S/C19H21N2OS/c1-3-20-11-12-22-17(20)13-18-21(4-2)19-15-8-6-5-7-14(15)9-10-16(19)23-18/h5-10,13H,3-4,11-12H2,1-2H3/q+1. The Morgan fingerprint density at radius 3 is 2.91 bits per heavy atom. The monoisotopic (exact) mass is 325 g/mol. The minimum Gasteiger partial charge on any atom is -0.477 e. The second kappa shape index (κ2) is 5.85. The minimum absolute atomic E-state index is 0.791. The number of rotatable bonds is 3. The Morgan fingerprint density at radius 2 is 2.09 bits per heavy atom. The van der Waals surface area contributed by atoms with Crippen LogP contribution in [-0.4, -0.2) is 24.6 Å². The second-order valence-electron chi connectivity index (χ2n) is 5.73. The smallest absolute Gasteiger partial charge is 0.268 e. The molecule has 0 spiro atoms. The minimum atomic E-state index is 0.791. The van der Waals surface area contributed by atoms with Gasteiger partial charge in [-0.3, -0.25) is 0 Å². The van der Waals surface area contributed by atoms with Crippen LogP contribution in [0.15, 0.2) is 42.3 Å².